The van der Waals surface area contributed by atoms with Crippen LogP contribution >= 0.6 is 11.8 Å². The van der Waals surface area contributed by atoms with E-state index in [4.69, 9.17) is 0 Å². The van der Waals surface area contributed by atoms with Gasteiger partial charge in [-0.25, -0.2) is 0 Å². The van der Waals surface area contributed by atoms with E-state index in [0.717, 1.165) is 22.6 Å². The molecule has 140 valence electrons. The van der Waals surface area contributed by atoms with Crippen LogP contribution in [0.4, 0.5) is 17.1 Å². The quantitative estimate of drug-likeness (QED) is 0.626. The first kappa shape index (κ1) is 19.0. The fraction of sp³-hybridized carbons (Fsp3) is 0.250. The fourth-order valence-corrected chi connectivity index (χ4v) is 3.55. The molecule has 7 heteroatoms. The van der Waals surface area contributed by atoms with Crippen LogP contribution < -0.4 is 15.5 Å². The molecule has 3 rings (SSSR count). The summed E-state index contributed by atoms with van der Waals surface area (Å²) in [6, 6.07) is 12.6. The second-order valence-corrected chi connectivity index (χ2v) is 7.11. The van der Waals surface area contributed by atoms with Crippen LogP contribution in [0.15, 0.2) is 47.4 Å². The Kier molecular flexibility index (Phi) is 5.81. The van der Waals surface area contributed by atoms with Crippen LogP contribution in [-0.2, 0) is 14.4 Å². The summed E-state index contributed by atoms with van der Waals surface area (Å²) >= 11 is 1.49. The lowest BCUT2D eigenvalue weighted by Crippen LogP contribution is -2.29. The van der Waals surface area contributed by atoms with Crippen molar-refractivity contribution in [3.8, 4) is 0 Å². The summed E-state index contributed by atoms with van der Waals surface area (Å²) in [6.45, 7) is 2.58. The summed E-state index contributed by atoms with van der Waals surface area (Å²) < 4.78 is 0. The van der Waals surface area contributed by atoms with E-state index in [9.17, 15) is 14.4 Å². The van der Waals surface area contributed by atoms with Gasteiger partial charge in [0.25, 0.3) is 0 Å². The number of hydrogen-bond donors (Lipinski definition) is 2. The van der Waals surface area contributed by atoms with E-state index in [2.05, 4.69) is 10.6 Å². The highest BCUT2D eigenvalue weighted by atomic mass is 32.2. The Morgan fingerprint density at radius 3 is 2.52 bits per heavy atom. The molecule has 3 amide bonds. The molecule has 1 heterocycles. The molecule has 1 aliphatic rings. The van der Waals surface area contributed by atoms with Crippen molar-refractivity contribution in [2.75, 3.05) is 28.3 Å². The summed E-state index contributed by atoms with van der Waals surface area (Å²) in [6.07, 6.45) is 3.26. The lowest BCUT2D eigenvalue weighted by atomic mass is 10.1. The number of carbonyl (C=O) groups is 3. The highest BCUT2D eigenvalue weighted by molar-refractivity contribution is 7.98. The monoisotopic (exact) mass is 383 g/mol. The first-order chi connectivity index (χ1) is 13.0. The summed E-state index contributed by atoms with van der Waals surface area (Å²) in [7, 11) is 0. The zero-order valence-corrected chi connectivity index (χ0v) is 16.1. The molecule has 0 radical (unpaired) electrons. The molecule has 0 spiro atoms. The van der Waals surface area contributed by atoms with Gasteiger partial charge in [0.05, 0.1) is 5.69 Å². The number of anilines is 3. The normalized spacial score (nSPS) is 13.6. The lowest BCUT2D eigenvalue weighted by Gasteiger charge is -2.19. The largest absolute Gasteiger partial charge is 0.318 e. The molecule has 6 nitrogen and oxygen atoms in total. The van der Waals surface area contributed by atoms with Crippen molar-refractivity contribution in [1.82, 2.24) is 0 Å². The van der Waals surface area contributed by atoms with E-state index in [1.165, 1.54) is 11.8 Å². The molecular weight excluding hydrogens is 362 g/mol. The predicted molar refractivity (Wildman–Crippen MR) is 108 cm³/mol. The Bertz CT molecular complexity index is 898. The van der Waals surface area contributed by atoms with Crippen LogP contribution in [0.2, 0.25) is 0 Å². The van der Waals surface area contributed by atoms with Crippen LogP contribution in [0.1, 0.15) is 18.4 Å². The second-order valence-electron chi connectivity index (χ2n) is 6.26. The molecule has 0 bridgehead atoms. The van der Waals surface area contributed by atoms with E-state index in [-0.39, 0.29) is 5.91 Å². The van der Waals surface area contributed by atoms with Gasteiger partial charge in [0, 0.05) is 29.2 Å². The number of para-hydroxylation sites is 1. The third kappa shape index (κ3) is 4.31. The Hall–Kier alpha value is -2.80. The van der Waals surface area contributed by atoms with Crippen LogP contribution in [0.5, 0.6) is 0 Å². The smallest absolute Gasteiger partial charge is 0.314 e. The number of carbonyl (C=O) groups excluding carboxylic acids is 3. The first-order valence-electron chi connectivity index (χ1n) is 8.66. The minimum atomic E-state index is -0.756. The van der Waals surface area contributed by atoms with Crippen molar-refractivity contribution < 1.29 is 14.4 Å². The van der Waals surface area contributed by atoms with Crippen LogP contribution in [0.3, 0.4) is 0 Å². The molecule has 0 saturated carbocycles. The molecule has 1 aliphatic heterocycles. The second kappa shape index (κ2) is 8.26. The molecule has 2 aromatic rings. The molecular formula is C20H21N3O3S. The van der Waals surface area contributed by atoms with Gasteiger partial charge < -0.3 is 15.5 Å². The Morgan fingerprint density at radius 1 is 1.07 bits per heavy atom. The average molecular weight is 383 g/mol. The van der Waals surface area contributed by atoms with Crippen LogP contribution in [0.25, 0.3) is 0 Å². The summed E-state index contributed by atoms with van der Waals surface area (Å²) in [5, 5.41) is 5.24. The number of nitrogens with one attached hydrogen (secondary N) is 2. The predicted octanol–water partition coefficient (Wildman–Crippen LogP) is 3.42. The molecule has 0 atom stereocenters. The summed E-state index contributed by atoms with van der Waals surface area (Å²) in [5.41, 5.74) is 2.79. The molecule has 27 heavy (non-hydrogen) atoms. The van der Waals surface area contributed by atoms with Crippen molar-refractivity contribution in [2.45, 2.75) is 24.7 Å². The highest BCUT2D eigenvalue weighted by Gasteiger charge is 2.24. The van der Waals surface area contributed by atoms with E-state index in [0.29, 0.717) is 24.3 Å². The highest BCUT2D eigenvalue weighted by Crippen LogP contribution is 2.28. The molecule has 1 fully saturated rings. The van der Waals surface area contributed by atoms with Gasteiger partial charge in [0.15, 0.2) is 0 Å². The maximum absolute atomic E-state index is 12.3. The van der Waals surface area contributed by atoms with Crippen molar-refractivity contribution in [1.29, 1.82) is 0 Å². The topological polar surface area (TPSA) is 78.5 Å². The van der Waals surface area contributed by atoms with Gasteiger partial charge in [-0.15, -0.1) is 11.8 Å². The van der Waals surface area contributed by atoms with E-state index in [1.54, 1.807) is 29.2 Å². The summed E-state index contributed by atoms with van der Waals surface area (Å²) in [4.78, 5) is 39.1. The molecule has 2 N–H and O–H groups in total. The van der Waals surface area contributed by atoms with Crippen LogP contribution in [-0.4, -0.2) is 30.5 Å². The summed E-state index contributed by atoms with van der Waals surface area (Å²) in [5.74, 6) is -1.42. The third-order valence-corrected chi connectivity index (χ3v) is 5.19. The minimum absolute atomic E-state index is 0.0768. The Labute approximate surface area is 162 Å². The van der Waals surface area contributed by atoms with Crippen molar-refractivity contribution in [3.05, 3.63) is 48.0 Å². The number of rotatable bonds is 4. The van der Waals surface area contributed by atoms with Gasteiger partial charge in [-0.1, -0.05) is 18.2 Å². The van der Waals surface area contributed by atoms with Gasteiger partial charge in [-0.3, -0.25) is 14.4 Å². The minimum Gasteiger partial charge on any atom is -0.318 e. The standard InChI is InChI=1S/C20H21N3O3S/c1-13-9-10-14(12-16(13)23-11-5-8-18(23)24)21-19(25)20(26)22-15-6-3-4-7-17(15)27-2/h3-4,6-7,9-10,12H,5,8,11H2,1-2H3,(H,21,25)(H,22,26). The molecule has 0 unspecified atom stereocenters. The first-order valence-corrected chi connectivity index (χ1v) is 9.88. The Morgan fingerprint density at radius 2 is 1.81 bits per heavy atom. The number of hydrogen-bond acceptors (Lipinski definition) is 4. The molecule has 0 aromatic heterocycles. The zero-order chi connectivity index (χ0) is 19.4. The zero-order valence-electron chi connectivity index (χ0n) is 15.2. The Balaban J connectivity index is 1.72. The van der Waals surface area contributed by atoms with Gasteiger partial charge in [0.2, 0.25) is 5.91 Å². The number of benzene rings is 2. The van der Waals surface area contributed by atoms with Crippen molar-refractivity contribution in [2.24, 2.45) is 0 Å². The van der Waals surface area contributed by atoms with E-state index < -0.39 is 11.8 Å². The third-order valence-electron chi connectivity index (χ3n) is 4.39. The number of aryl methyl sites for hydroxylation is 1. The average Bonchev–Trinajstić information content (AvgIpc) is 3.09. The number of nitrogens with zero attached hydrogens (tertiary/aromatic N) is 1. The van der Waals surface area contributed by atoms with Crippen molar-refractivity contribution in [3.63, 3.8) is 0 Å². The van der Waals surface area contributed by atoms with Crippen molar-refractivity contribution >= 4 is 46.5 Å². The maximum Gasteiger partial charge on any atom is 0.314 e. The molecule has 0 aliphatic carbocycles. The fourth-order valence-electron chi connectivity index (χ4n) is 3.00. The molecule has 2 aromatic carbocycles. The van der Waals surface area contributed by atoms with Gasteiger partial charge in [-0.05, 0) is 49.4 Å². The number of thioether (sulfide) groups is 1. The maximum atomic E-state index is 12.3. The van der Waals surface area contributed by atoms with Gasteiger partial charge in [0.1, 0.15) is 0 Å². The SMILES string of the molecule is CSc1ccccc1NC(=O)C(=O)Nc1ccc(C)c(N2CCCC2=O)c1. The van der Waals surface area contributed by atoms with Gasteiger partial charge in [-0.2, -0.15) is 0 Å². The number of amides is 3. The van der Waals surface area contributed by atoms with E-state index >= 15 is 0 Å². The van der Waals surface area contributed by atoms with Crippen LogP contribution in [0, 0.1) is 6.92 Å². The van der Waals surface area contributed by atoms with Gasteiger partial charge >= 0.3 is 11.8 Å². The lowest BCUT2D eigenvalue weighted by molar-refractivity contribution is -0.133. The molecule has 1 saturated heterocycles. The van der Waals surface area contributed by atoms with E-state index in [1.807, 2.05) is 31.4 Å².